The molecule has 0 amide bonds. The fraction of sp³-hybridized carbons (Fsp3) is 0.150. The van der Waals surface area contributed by atoms with Crippen molar-refractivity contribution in [1.29, 1.82) is 5.26 Å². The first-order valence-electron chi connectivity index (χ1n) is 8.04. The molecule has 4 nitrogen and oxygen atoms in total. The molecule has 0 N–H and O–H groups in total. The van der Waals surface area contributed by atoms with Gasteiger partial charge in [-0.15, -0.1) is 0 Å². The largest absolute Gasteiger partial charge is 0.264 e. The van der Waals surface area contributed by atoms with Crippen molar-refractivity contribution in [2.24, 2.45) is 0 Å². The zero-order valence-corrected chi connectivity index (χ0v) is 14.5. The highest BCUT2D eigenvalue weighted by molar-refractivity contribution is 7.92. The van der Waals surface area contributed by atoms with E-state index in [2.05, 4.69) is 6.07 Å². The van der Waals surface area contributed by atoms with Crippen molar-refractivity contribution in [3.05, 3.63) is 71.8 Å². The SMILES string of the molecule is Cc1ccc(S(=O)(=O)N2c3cccc4cccc(c34)[C@H]2CC#N)cc1. The molecule has 0 aromatic heterocycles. The maximum absolute atomic E-state index is 13.4. The Bertz CT molecular complexity index is 1110. The van der Waals surface area contributed by atoms with Gasteiger partial charge in [-0.3, -0.25) is 4.31 Å². The number of sulfonamides is 1. The summed E-state index contributed by atoms with van der Waals surface area (Å²) in [6.07, 6.45) is 0.110. The predicted molar refractivity (Wildman–Crippen MR) is 97.8 cm³/mol. The molecule has 0 radical (unpaired) electrons. The van der Waals surface area contributed by atoms with Crippen LogP contribution in [0.5, 0.6) is 0 Å². The normalized spacial score (nSPS) is 16.2. The second-order valence-electron chi connectivity index (χ2n) is 6.21. The van der Waals surface area contributed by atoms with E-state index in [0.29, 0.717) is 5.69 Å². The number of hydrogen-bond donors (Lipinski definition) is 0. The van der Waals surface area contributed by atoms with Gasteiger partial charge in [0.05, 0.1) is 29.1 Å². The van der Waals surface area contributed by atoms with Crippen LogP contribution >= 0.6 is 0 Å². The Morgan fingerprint density at radius 1 is 1.04 bits per heavy atom. The third kappa shape index (κ3) is 2.30. The molecule has 4 rings (SSSR count). The number of nitrogens with zero attached hydrogens (tertiary/aromatic N) is 2. The molecule has 0 saturated heterocycles. The number of nitriles is 1. The minimum Gasteiger partial charge on any atom is -0.257 e. The molecule has 0 fully saturated rings. The molecule has 1 atom stereocenters. The van der Waals surface area contributed by atoms with E-state index in [1.54, 1.807) is 24.3 Å². The minimum absolute atomic E-state index is 0.110. The molecule has 25 heavy (non-hydrogen) atoms. The summed E-state index contributed by atoms with van der Waals surface area (Å²) in [5, 5.41) is 11.2. The quantitative estimate of drug-likeness (QED) is 0.708. The van der Waals surface area contributed by atoms with Crippen LogP contribution in [0.3, 0.4) is 0 Å². The van der Waals surface area contributed by atoms with E-state index in [-0.39, 0.29) is 11.3 Å². The summed E-state index contributed by atoms with van der Waals surface area (Å²) in [5.41, 5.74) is 2.54. The summed E-state index contributed by atoms with van der Waals surface area (Å²) in [5.74, 6) is 0. The molecule has 0 spiro atoms. The van der Waals surface area contributed by atoms with Crippen molar-refractivity contribution in [3.63, 3.8) is 0 Å². The first-order valence-corrected chi connectivity index (χ1v) is 9.48. The summed E-state index contributed by atoms with van der Waals surface area (Å²) in [7, 11) is -3.76. The van der Waals surface area contributed by atoms with Crippen molar-refractivity contribution in [3.8, 4) is 6.07 Å². The maximum Gasteiger partial charge on any atom is 0.264 e. The number of anilines is 1. The summed E-state index contributed by atoms with van der Waals surface area (Å²) in [4.78, 5) is 0.242. The van der Waals surface area contributed by atoms with Gasteiger partial charge in [0.25, 0.3) is 10.0 Å². The summed E-state index contributed by atoms with van der Waals surface area (Å²) < 4.78 is 28.1. The Labute approximate surface area is 147 Å². The van der Waals surface area contributed by atoms with Crippen molar-refractivity contribution >= 4 is 26.5 Å². The molecule has 1 heterocycles. The van der Waals surface area contributed by atoms with E-state index < -0.39 is 16.1 Å². The summed E-state index contributed by atoms with van der Waals surface area (Å²) in [6.45, 7) is 1.92. The lowest BCUT2D eigenvalue weighted by atomic mass is 10.0. The Morgan fingerprint density at radius 2 is 1.72 bits per heavy atom. The van der Waals surface area contributed by atoms with E-state index in [4.69, 9.17) is 0 Å². The Balaban J connectivity index is 1.96. The van der Waals surface area contributed by atoms with Gasteiger partial charge in [-0.1, -0.05) is 48.0 Å². The van der Waals surface area contributed by atoms with Gasteiger partial charge in [0.2, 0.25) is 0 Å². The number of hydrogen-bond acceptors (Lipinski definition) is 3. The van der Waals surface area contributed by atoms with Crippen LogP contribution in [0.2, 0.25) is 0 Å². The number of benzene rings is 3. The third-order valence-electron chi connectivity index (χ3n) is 4.66. The topological polar surface area (TPSA) is 61.2 Å². The first-order chi connectivity index (χ1) is 12.0. The molecular weight excluding hydrogens is 332 g/mol. The lowest BCUT2D eigenvalue weighted by Gasteiger charge is -2.26. The molecule has 1 aliphatic rings. The molecule has 0 unspecified atom stereocenters. The van der Waals surface area contributed by atoms with Gasteiger partial charge in [-0.05, 0) is 36.1 Å². The monoisotopic (exact) mass is 348 g/mol. The van der Waals surface area contributed by atoms with Gasteiger partial charge >= 0.3 is 0 Å². The fourth-order valence-electron chi connectivity index (χ4n) is 3.51. The predicted octanol–water partition coefficient (Wildman–Crippen LogP) is 4.31. The van der Waals surface area contributed by atoms with Crippen LogP contribution in [0.15, 0.2) is 65.6 Å². The molecule has 0 saturated carbocycles. The van der Waals surface area contributed by atoms with Gasteiger partial charge in [-0.25, -0.2) is 8.42 Å². The second-order valence-corrected chi connectivity index (χ2v) is 8.03. The standard InChI is InChI=1S/C20H16N2O2S/c1-14-8-10-16(11-9-14)25(23,24)22-18(12-13-21)17-6-2-4-15-5-3-7-19(22)20(15)17/h2-11,18H,12H2,1H3/t18-/m1/s1. The van der Waals surface area contributed by atoms with Gasteiger partial charge in [-0.2, -0.15) is 5.26 Å². The Morgan fingerprint density at radius 3 is 2.40 bits per heavy atom. The molecule has 3 aromatic rings. The second kappa shape index (κ2) is 5.61. The van der Waals surface area contributed by atoms with Crippen molar-refractivity contribution < 1.29 is 8.42 Å². The highest BCUT2D eigenvalue weighted by Gasteiger charge is 2.39. The Kier molecular flexibility index (Phi) is 3.52. The Hall–Kier alpha value is -2.84. The lowest BCUT2D eigenvalue weighted by molar-refractivity contribution is 0.581. The van der Waals surface area contributed by atoms with Gasteiger partial charge in [0.1, 0.15) is 0 Å². The lowest BCUT2D eigenvalue weighted by Crippen LogP contribution is -2.32. The van der Waals surface area contributed by atoms with Crippen molar-refractivity contribution in [1.82, 2.24) is 0 Å². The zero-order valence-electron chi connectivity index (χ0n) is 13.7. The van der Waals surface area contributed by atoms with Crippen LogP contribution in [0.25, 0.3) is 10.8 Å². The highest BCUT2D eigenvalue weighted by Crippen LogP contribution is 2.48. The molecule has 0 aliphatic carbocycles. The number of rotatable bonds is 3. The molecule has 0 bridgehead atoms. The van der Waals surface area contributed by atoms with Crippen LogP contribution < -0.4 is 4.31 Å². The van der Waals surface area contributed by atoms with Crippen LogP contribution in [-0.2, 0) is 10.0 Å². The third-order valence-corrected chi connectivity index (χ3v) is 6.49. The van der Waals surface area contributed by atoms with Crippen LogP contribution in [0.4, 0.5) is 5.69 Å². The summed E-state index contributed by atoms with van der Waals surface area (Å²) in [6, 6.07) is 19.9. The molecule has 5 heteroatoms. The minimum atomic E-state index is -3.76. The average molecular weight is 348 g/mol. The molecule has 1 aliphatic heterocycles. The van der Waals surface area contributed by atoms with E-state index in [1.165, 1.54) is 4.31 Å². The number of aryl methyl sites for hydroxylation is 1. The first kappa shape index (κ1) is 15.7. The molecule has 124 valence electrons. The highest BCUT2D eigenvalue weighted by atomic mass is 32.2. The van der Waals surface area contributed by atoms with E-state index in [1.807, 2.05) is 43.3 Å². The van der Waals surface area contributed by atoms with Gasteiger partial charge < -0.3 is 0 Å². The van der Waals surface area contributed by atoms with E-state index in [0.717, 1.165) is 21.9 Å². The van der Waals surface area contributed by atoms with Crippen LogP contribution in [0, 0.1) is 18.3 Å². The molecule has 3 aromatic carbocycles. The fourth-order valence-corrected chi connectivity index (χ4v) is 5.15. The smallest absolute Gasteiger partial charge is 0.257 e. The molecular formula is C20H16N2O2S. The maximum atomic E-state index is 13.4. The van der Waals surface area contributed by atoms with Crippen molar-refractivity contribution in [2.45, 2.75) is 24.3 Å². The van der Waals surface area contributed by atoms with E-state index in [9.17, 15) is 13.7 Å². The van der Waals surface area contributed by atoms with Crippen LogP contribution in [-0.4, -0.2) is 8.42 Å². The van der Waals surface area contributed by atoms with Gasteiger partial charge in [0, 0.05) is 5.39 Å². The van der Waals surface area contributed by atoms with Crippen LogP contribution in [0.1, 0.15) is 23.6 Å². The zero-order chi connectivity index (χ0) is 17.6. The van der Waals surface area contributed by atoms with Gasteiger partial charge in [0.15, 0.2) is 0 Å². The summed E-state index contributed by atoms with van der Waals surface area (Å²) >= 11 is 0. The average Bonchev–Trinajstić information content (AvgIpc) is 2.92. The van der Waals surface area contributed by atoms with E-state index >= 15 is 0 Å². The van der Waals surface area contributed by atoms with Crippen molar-refractivity contribution in [2.75, 3.05) is 4.31 Å².